The van der Waals surface area contributed by atoms with Gasteiger partial charge in [-0.25, -0.2) is 4.79 Å². The number of ether oxygens (including phenoxy) is 2. The van der Waals surface area contributed by atoms with Gasteiger partial charge in [0.2, 0.25) is 11.2 Å². The molecule has 0 aliphatic carbocycles. The van der Waals surface area contributed by atoms with Crippen LogP contribution in [-0.2, 0) is 11.0 Å². The Morgan fingerprint density at radius 1 is 0.973 bits per heavy atom. The maximum absolute atomic E-state index is 13.8. The number of hydrogen-bond donors (Lipinski definition) is 0. The number of rotatable bonds is 5. The van der Waals surface area contributed by atoms with Gasteiger partial charge in [0, 0.05) is 6.07 Å². The summed E-state index contributed by atoms with van der Waals surface area (Å²) in [6, 6.07) is 18.4. The van der Waals surface area contributed by atoms with E-state index in [1.165, 1.54) is 24.3 Å². The second-order valence-electron chi connectivity index (χ2n) is 8.14. The van der Waals surface area contributed by atoms with E-state index in [0.29, 0.717) is 5.56 Å². The maximum Gasteiger partial charge on any atom is 0.453 e. The zero-order valence-electron chi connectivity index (χ0n) is 19.6. The van der Waals surface area contributed by atoms with Crippen molar-refractivity contribution in [3.63, 3.8) is 0 Å². The van der Waals surface area contributed by atoms with E-state index >= 15 is 0 Å². The largest absolute Gasteiger partial charge is 0.453 e. The molecule has 6 nitrogen and oxygen atoms in total. The molecule has 0 saturated carbocycles. The monoisotopic (exact) mass is 505 g/mol. The molecule has 0 radical (unpaired) electrons. The number of nitrogens with zero attached hydrogens (tertiary/aromatic N) is 1. The summed E-state index contributed by atoms with van der Waals surface area (Å²) in [7, 11) is 0. The Morgan fingerprint density at radius 2 is 1.65 bits per heavy atom. The first-order valence-electron chi connectivity index (χ1n) is 10.9. The smallest absolute Gasteiger partial charge is 0.449 e. The number of aryl methyl sites for hydroxylation is 2. The molecule has 1 heterocycles. The maximum atomic E-state index is 13.8. The molecule has 186 valence electrons. The Labute approximate surface area is 208 Å². The fraction of sp³-hybridized carbons (Fsp3) is 0.107. The van der Waals surface area contributed by atoms with Gasteiger partial charge >= 0.3 is 12.1 Å². The van der Waals surface area contributed by atoms with Gasteiger partial charge in [0.05, 0.1) is 5.39 Å². The number of carbonyl (C=O) groups is 1. The standard InChI is InChI=1S/C28H18F3NO5/c1-16-10-17(2)12-21(11-16)35-25-24(33)22-9-8-20(14-23(22)37-26(25)28(29,30)31)36-27(34)19(15-32)13-18-6-4-3-5-7-18/h3-14H,1-2H3/b19-13+. The summed E-state index contributed by atoms with van der Waals surface area (Å²) in [6.45, 7) is 3.48. The minimum atomic E-state index is -5.05. The van der Waals surface area contributed by atoms with E-state index in [2.05, 4.69) is 0 Å². The van der Waals surface area contributed by atoms with Crippen LogP contribution in [0.5, 0.6) is 17.2 Å². The van der Waals surface area contributed by atoms with Crippen LogP contribution in [0.2, 0.25) is 0 Å². The van der Waals surface area contributed by atoms with Crippen LogP contribution in [0.3, 0.4) is 0 Å². The highest BCUT2D eigenvalue weighted by molar-refractivity contribution is 5.99. The average molecular weight is 505 g/mol. The van der Waals surface area contributed by atoms with Gasteiger partial charge in [-0.15, -0.1) is 0 Å². The molecule has 0 unspecified atom stereocenters. The second-order valence-corrected chi connectivity index (χ2v) is 8.14. The van der Waals surface area contributed by atoms with Crippen LogP contribution < -0.4 is 14.9 Å². The van der Waals surface area contributed by atoms with Crippen LogP contribution in [0.15, 0.2) is 81.5 Å². The molecule has 9 heteroatoms. The molecule has 0 fully saturated rings. The molecule has 0 saturated heterocycles. The predicted molar refractivity (Wildman–Crippen MR) is 129 cm³/mol. The van der Waals surface area contributed by atoms with Gasteiger partial charge in [0.1, 0.15) is 28.7 Å². The Bertz CT molecular complexity index is 1610. The number of benzene rings is 3. The second kappa shape index (κ2) is 10.0. The lowest BCUT2D eigenvalue weighted by atomic mass is 10.1. The molecule has 37 heavy (non-hydrogen) atoms. The van der Waals surface area contributed by atoms with Crippen LogP contribution in [0, 0.1) is 25.2 Å². The Balaban J connectivity index is 1.73. The van der Waals surface area contributed by atoms with E-state index in [-0.39, 0.29) is 22.5 Å². The third-order valence-electron chi connectivity index (χ3n) is 5.16. The van der Waals surface area contributed by atoms with Crippen LogP contribution in [0.1, 0.15) is 22.5 Å². The fourth-order valence-electron chi connectivity index (χ4n) is 3.62. The topological polar surface area (TPSA) is 89.5 Å². The number of fused-ring (bicyclic) bond motifs is 1. The van der Waals surface area contributed by atoms with Gasteiger partial charge in [-0.3, -0.25) is 4.79 Å². The van der Waals surface area contributed by atoms with Gasteiger partial charge < -0.3 is 13.9 Å². The van der Waals surface area contributed by atoms with Crippen LogP contribution in [-0.4, -0.2) is 5.97 Å². The zero-order chi connectivity index (χ0) is 26.7. The van der Waals surface area contributed by atoms with Crippen molar-refractivity contribution >= 4 is 23.0 Å². The third kappa shape index (κ3) is 5.70. The third-order valence-corrected chi connectivity index (χ3v) is 5.16. The molecule has 3 aromatic carbocycles. The predicted octanol–water partition coefficient (Wildman–Crippen LogP) is 6.73. The molecule has 4 rings (SSSR count). The number of alkyl halides is 3. The molecule has 1 aromatic heterocycles. The van der Waals surface area contributed by atoms with E-state index in [4.69, 9.17) is 13.9 Å². The molecule has 0 aliphatic heterocycles. The Kier molecular flexibility index (Phi) is 6.85. The van der Waals surface area contributed by atoms with Crippen molar-refractivity contribution in [1.29, 1.82) is 5.26 Å². The Hall–Kier alpha value is -4.84. The van der Waals surface area contributed by atoms with Crippen LogP contribution in [0.25, 0.3) is 17.0 Å². The van der Waals surface area contributed by atoms with E-state index in [1.54, 1.807) is 56.3 Å². The van der Waals surface area contributed by atoms with Gasteiger partial charge in [0.15, 0.2) is 0 Å². The highest BCUT2D eigenvalue weighted by Gasteiger charge is 2.40. The summed E-state index contributed by atoms with van der Waals surface area (Å²) in [5, 5.41) is 9.12. The molecule has 0 bridgehead atoms. The normalized spacial score (nSPS) is 11.7. The number of halogens is 3. The molecule has 0 N–H and O–H groups in total. The van der Waals surface area contributed by atoms with Crippen LogP contribution >= 0.6 is 0 Å². The van der Waals surface area contributed by atoms with Crippen molar-refractivity contribution in [3.8, 4) is 23.3 Å². The first-order valence-corrected chi connectivity index (χ1v) is 10.9. The van der Waals surface area contributed by atoms with E-state index in [9.17, 15) is 28.0 Å². The van der Waals surface area contributed by atoms with Crippen molar-refractivity contribution in [2.24, 2.45) is 0 Å². The average Bonchev–Trinajstić information content (AvgIpc) is 2.83. The summed E-state index contributed by atoms with van der Waals surface area (Å²) >= 11 is 0. The molecular weight excluding hydrogens is 487 g/mol. The first kappa shape index (κ1) is 25.3. The van der Waals surface area contributed by atoms with Crippen molar-refractivity contribution in [2.75, 3.05) is 0 Å². The summed E-state index contributed by atoms with van der Waals surface area (Å²) in [4.78, 5) is 25.5. The molecule has 0 atom stereocenters. The number of carbonyl (C=O) groups excluding carboxylic acids is 1. The van der Waals surface area contributed by atoms with Crippen molar-refractivity contribution in [1.82, 2.24) is 0 Å². The van der Waals surface area contributed by atoms with Gasteiger partial charge in [-0.05, 0) is 60.9 Å². The lowest BCUT2D eigenvalue weighted by Gasteiger charge is -2.14. The molecule has 0 aliphatic rings. The molecule has 0 amide bonds. The fourth-order valence-corrected chi connectivity index (χ4v) is 3.62. The van der Waals surface area contributed by atoms with Crippen molar-refractivity contribution in [3.05, 3.63) is 105 Å². The highest BCUT2D eigenvalue weighted by atomic mass is 19.4. The van der Waals surface area contributed by atoms with Gasteiger partial charge in [-0.2, -0.15) is 18.4 Å². The number of nitriles is 1. The lowest BCUT2D eigenvalue weighted by molar-refractivity contribution is -0.154. The number of hydrogen-bond acceptors (Lipinski definition) is 6. The quantitative estimate of drug-likeness (QED) is 0.129. The van der Waals surface area contributed by atoms with Gasteiger partial charge in [0.25, 0.3) is 5.76 Å². The summed E-state index contributed by atoms with van der Waals surface area (Å²) < 4.78 is 57.1. The molecule has 0 spiro atoms. The van der Waals surface area contributed by atoms with E-state index in [0.717, 1.165) is 23.3 Å². The summed E-state index contributed by atoms with van der Waals surface area (Å²) in [6.07, 6.45) is -3.75. The highest BCUT2D eigenvalue weighted by Crippen LogP contribution is 2.39. The van der Waals surface area contributed by atoms with E-state index in [1.807, 2.05) is 0 Å². The summed E-state index contributed by atoms with van der Waals surface area (Å²) in [5.41, 5.74) is 0.192. The van der Waals surface area contributed by atoms with Crippen molar-refractivity contribution < 1.29 is 31.9 Å². The van der Waals surface area contributed by atoms with Crippen LogP contribution in [0.4, 0.5) is 13.2 Å². The van der Waals surface area contributed by atoms with Gasteiger partial charge in [-0.1, -0.05) is 36.4 Å². The SMILES string of the molecule is Cc1cc(C)cc(Oc2c(C(F)(F)F)oc3cc(OC(=O)/C(C#N)=C/c4ccccc4)ccc3c2=O)c1. The van der Waals surface area contributed by atoms with E-state index < -0.39 is 34.7 Å². The minimum Gasteiger partial charge on any atom is -0.449 e. The summed E-state index contributed by atoms with van der Waals surface area (Å²) in [5.74, 6) is -3.83. The minimum absolute atomic E-state index is 0.0504. The Morgan fingerprint density at radius 3 is 2.27 bits per heavy atom. The zero-order valence-corrected chi connectivity index (χ0v) is 19.6. The molecular formula is C28H18F3NO5. The first-order chi connectivity index (χ1) is 17.5. The number of esters is 1. The molecule has 4 aromatic rings. The van der Waals surface area contributed by atoms with Crippen molar-refractivity contribution in [2.45, 2.75) is 20.0 Å². The lowest BCUT2D eigenvalue weighted by Crippen LogP contribution is -2.16.